The molecule has 1 heterocycles. The molecule has 22 heavy (non-hydrogen) atoms. The van der Waals surface area contributed by atoms with E-state index >= 15 is 0 Å². The number of rotatable bonds is 3. The number of fused-ring (bicyclic) bond motifs is 1. The van der Waals surface area contributed by atoms with Crippen LogP contribution in [0.3, 0.4) is 0 Å². The molecule has 0 spiro atoms. The average molecular weight is 300 g/mol. The lowest BCUT2D eigenvalue weighted by molar-refractivity contribution is -0.384. The predicted octanol–water partition coefficient (Wildman–Crippen LogP) is 0.939. The van der Waals surface area contributed by atoms with E-state index in [0.29, 0.717) is 11.1 Å². The van der Waals surface area contributed by atoms with E-state index in [2.05, 4.69) is 4.98 Å². The number of hydrogen-bond acceptors (Lipinski definition) is 5. The maximum Gasteiger partial charge on any atom is 0.270 e. The summed E-state index contributed by atoms with van der Waals surface area (Å²) < 4.78 is 0. The number of hydrogen-bond donors (Lipinski definition) is 1. The molecular weight excluding hydrogens is 288 g/mol. The van der Waals surface area contributed by atoms with Crippen LogP contribution in [0.25, 0.3) is 10.9 Å². The zero-order valence-electron chi connectivity index (χ0n) is 11.9. The lowest BCUT2D eigenvalue weighted by Gasteiger charge is -2.11. The van der Waals surface area contributed by atoms with Crippen LogP contribution in [0.2, 0.25) is 0 Å². The van der Waals surface area contributed by atoms with Crippen molar-refractivity contribution in [3.8, 4) is 6.07 Å². The first-order valence-corrected chi connectivity index (χ1v) is 6.28. The Balaban J connectivity index is 2.77. The summed E-state index contributed by atoms with van der Waals surface area (Å²) in [6.45, 7) is 0. The molecule has 1 N–H and O–H groups in total. The Morgan fingerprint density at radius 1 is 1.45 bits per heavy atom. The molecule has 0 saturated carbocycles. The van der Waals surface area contributed by atoms with Gasteiger partial charge in [-0.05, 0) is 5.56 Å². The SMILES string of the molecule is CN(C)C(=O)Cc1cc([N+](=O)[O-])cc2c(=O)c(C#N)c[nH]c12. The van der Waals surface area contributed by atoms with Crippen molar-refractivity contribution in [2.45, 2.75) is 6.42 Å². The van der Waals surface area contributed by atoms with Crippen molar-refractivity contribution >= 4 is 22.5 Å². The second-order valence-corrected chi connectivity index (χ2v) is 4.89. The van der Waals surface area contributed by atoms with E-state index in [9.17, 15) is 19.7 Å². The van der Waals surface area contributed by atoms with Crippen LogP contribution in [0, 0.1) is 21.4 Å². The fourth-order valence-corrected chi connectivity index (χ4v) is 2.04. The molecule has 8 nitrogen and oxygen atoms in total. The minimum atomic E-state index is -0.637. The smallest absolute Gasteiger partial charge is 0.270 e. The van der Waals surface area contributed by atoms with Gasteiger partial charge in [-0.3, -0.25) is 19.7 Å². The molecule has 0 bridgehead atoms. The molecule has 2 aromatic rings. The number of nitrogens with one attached hydrogen (secondary N) is 1. The molecule has 2 rings (SSSR count). The molecule has 0 aliphatic carbocycles. The van der Waals surface area contributed by atoms with Gasteiger partial charge in [-0.2, -0.15) is 5.26 Å². The molecule has 0 fully saturated rings. The molecule has 0 saturated heterocycles. The summed E-state index contributed by atoms with van der Waals surface area (Å²) in [5.74, 6) is -0.257. The lowest BCUT2D eigenvalue weighted by Crippen LogP contribution is -2.24. The fourth-order valence-electron chi connectivity index (χ4n) is 2.04. The van der Waals surface area contributed by atoms with Crippen molar-refractivity contribution in [2.75, 3.05) is 14.1 Å². The zero-order chi connectivity index (χ0) is 16.4. The number of benzene rings is 1. The van der Waals surface area contributed by atoms with Gasteiger partial charge < -0.3 is 9.88 Å². The Morgan fingerprint density at radius 3 is 2.68 bits per heavy atom. The second kappa shape index (κ2) is 5.65. The van der Waals surface area contributed by atoms with Crippen LogP contribution in [0.4, 0.5) is 5.69 Å². The number of nitriles is 1. The second-order valence-electron chi connectivity index (χ2n) is 4.89. The minimum Gasteiger partial charge on any atom is -0.359 e. The van der Waals surface area contributed by atoms with Crippen molar-refractivity contribution in [3.63, 3.8) is 0 Å². The van der Waals surface area contributed by atoms with Gasteiger partial charge in [0.1, 0.15) is 11.6 Å². The maximum absolute atomic E-state index is 12.1. The zero-order valence-corrected chi connectivity index (χ0v) is 11.9. The molecule has 0 unspecified atom stereocenters. The monoisotopic (exact) mass is 300 g/mol. The number of amides is 1. The van der Waals surface area contributed by atoms with Crippen LogP contribution < -0.4 is 5.43 Å². The Morgan fingerprint density at radius 2 is 2.14 bits per heavy atom. The number of carbonyl (C=O) groups is 1. The Hall–Kier alpha value is -3.21. The Kier molecular flexibility index (Phi) is 3.90. The molecule has 1 aromatic heterocycles. The summed E-state index contributed by atoms with van der Waals surface area (Å²) in [6.07, 6.45) is 1.15. The number of aromatic nitrogens is 1. The number of nitro groups is 1. The highest BCUT2D eigenvalue weighted by Crippen LogP contribution is 2.23. The maximum atomic E-state index is 12.1. The highest BCUT2D eigenvalue weighted by atomic mass is 16.6. The van der Waals surface area contributed by atoms with Crippen LogP contribution in [-0.4, -0.2) is 34.8 Å². The van der Waals surface area contributed by atoms with E-state index in [-0.39, 0.29) is 29.0 Å². The summed E-state index contributed by atoms with van der Waals surface area (Å²) >= 11 is 0. The van der Waals surface area contributed by atoms with Crippen LogP contribution in [-0.2, 0) is 11.2 Å². The first-order valence-electron chi connectivity index (χ1n) is 6.28. The van der Waals surface area contributed by atoms with Gasteiger partial charge in [0.25, 0.3) is 5.69 Å². The van der Waals surface area contributed by atoms with Gasteiger partial charge >= 0.3 is 0 Å². The third kappa shape index (κ3) is 2.64. The largest absolute Gasteiger partial charge is 0.359 e. The van der Waals surface area contributed by atoms with E-state index < -0.39 is 10.4 Å². The predicted molar refractivity (Wildman–Crippen MR) is 78.3 cm³/mol. The number of aromatic amines is 1. The van der Waals surface area contributed by atoms with Gasteiger partial charge in [0.15, 0.2) is 0 Å². The number of carbonyl (C=O) groups excluding carboxylic acids is 1. The van der Waals surface area contributed by atoms with Crippen LogP contribution in [0.1, 0.15) is 11.1 Å². The number of pyridine rings is 1. The third-order valence-electron chi connectivity index (χ3n) is 3.23. The van der Waals surface area contributed by atoms with Crippen molar-refractivity contribution in [3.05, 3.63) is 49.8 Å². The van der Waals surface area contributed by atoms with E-state index in [1.54, 1.807) is 20.2 Å². The van der Waals surface area contributed by atoms with Gasteiger partial charge in [-0.1, -0.05) is 0 Å². The average Bonchev–Trinajstić information content (AvgIpc) is 2.47. The molecule has 1 aromatic carbocycles. The summed E-state index contributed by atoms with van der Waals surface area (Å²) in [7, 11) is 3.14. The van der Waals surface area contributed by atoms with Crippen molar-refractivity contribution in [2.24, 2.45) is 0 Å². The first kappa shape index (κ1) is 15.2. The number of nitrogens with zero attached hydrogens (tertiary/aromatic N) is 3. The van der Waals surface area contributed by atoms with Crippen LogP contribution >= 0.6 is 0 Å². The Bertz CT molecular complexity index is 877. The number of H-pyrrole nitrogens is 1. The van der Waals surface area contributed by atoms with Crippen molar-refractivity contribution in [1.82, 2.24) is 9.88 Å². The lowest BCUT2D eigenvalue weighted by atomic mass is 10.0. The molecule has 0 radical (unpaired) electrons. The summed E-state index contributed by atoms with van der Waals surface area (Å²) in [6, 6.07) is 4.09. The van der Waals surface area contributed by atoms with E-state index in [4.69, 9.17) is 5.26 Å². The molecule has 8 heteroatoms. The molecule has 112 valence electrons. The van der Waals surface area contributed by atoms with Crippen LogP contribution in [0.15, 0.2) is 23.1 Å². The molecule has 0 aliphatic heterocycles. The highest BCUT2D eigenvalue weighted by Gasteiger charge is 2.18. The highest BCUT2D eigenvalue weighted by molar-refractivity contribution is 5.89. The number of likely N-dealkylation sites (N-methyl/N-ethyl adjacent to an activating group) is 1. The molecule has 0 atom stereocenters. The molecule has 1 amide bonds. The number of non-ortho nitro benzene ring substituents is 1. The number of nitro benzene ring substituents is 1. The summed E-state index contributed by atoms with van der Waals surface area (Å²) in [5, 5.41) is 19.9. The van der Waals surface area contributed by atoms with Gasteiger partial charge in [-0.25, -0.2) is 0 Å². The fraction of sp³-hybridized carbons (Fsp3) is 0.214. The standard InChI is InChI=1S/C14H12N4O4/c1-17(2)12(19)4-8-3-10(18(21)22)5-11-13(8)16-7-9(6-15)14(11)20/h3,5,7H,4H2,1-2H3,(H,16,20). The minimum absolute atomic E-state index is 0.0230. The van der Waals surface area contributed by atoms with Crippen molar-refractivity contribution in [1.29, 1.82) is 5.26 Å². The van der Waals surface area contributed by atoms with E-state index in [0.717, 1.165) is 6.07 Å². The summed E-state index contributed by atoms with van der Waals surface area (Å²) in [4.78, 5) is 38.5. The Labute approximate surface area is 124 Å². The van der Waals surface area contributed by atoms with Gasteiger partial charge in [-0.15, -0.1) is 0 Å². The topological polar surface area (TPSA) is 120 Å². The van der Waals surface area contributed by atoms with Crippen LogP contribution in [0.5, 0.6) is 0 Å². The van der Waals surface area contributed by atoms with E-state index in [1.807, 2.05) is 0 Å². The van der Waals surface area contributed by atoms with Gasteiger partial charge in [0.2, 0.25) is 11.3 Å². The third-order valence-corrected chi connectivity index (χ3v) is 3.23. The quantitative estimate of drug-likeness (QED) is 0.668. The summed E-state index contributed by atoms with van der Waals surface area (Å²) in [5.41, 5.74) is -0.375. The van der Waals surface area contributed by atoms with Crippen molar-refractivity contribution < 1.29 is 9.72 Å². The van der Waals surface area contributed by atoms with E-state index in [1.165, 1.54) is 17.2 Å². The van der Waals surface area contributed by atoms with Gasteiger partial charge in [0, 0.05) is 32.4 Å². The van der Waals surface area contributed by atoms with Gasteiger partial charge in [0.05, 0.1) is 22.2 Å². The molecule has 0 aliphatic rings. The first-order chi connectivity index (χ1) is 10.3. The normalized spacial score (nSPS) is 10.2. The molecular formula is C14H12N4O4.